The van der Waals surface area contributed by atoms with E-state index in [1.807, 2.05) is 0 Å². The number of benzene rings is 2. The van der Waals surface area contributed by atoms with E-state index < -0.39 is 10.7 Å². The summed E-state index contributed by atoms with van der Waals surface area (Å²) in [7, 11) is 0. The van der Waals surface area contributed by atoms with E-state index in [9.17, 15) is 19.6 Å². The van der Waals surface area contributed by atoms with E-state index in [4.69, 9.17) is 12.2 Å². The zero-order chi connectivity index (χ0) is 16.3. The topological polar surface area (TPSA) is 75.4 Å². The third-order valence-corrected chi connectivity index (χ3v) is 3.46. The molecule has 0 aliphatic rings. The molecule has 2 rings (SSSR count). The number of non-ortho nitro benzene ring substituents is 1. The number of aryl methyl sites for hydroxylation is 1. The lowest BCUT2D eigenvalue weighted by Gasteiger charge is -2.11. The number of nitrogens with one attached hydrogen (secondary N) is 1. The van der Waals surface area contributed by atoms with Gasteiger partial charge >= 0.3 is 0 Å². The smallest absolute Gasteiger partial charge is 0.269 e. The average molecular weight is 320 g/mol. The van der Waals surface area contributed by atoms with Crippen LogP contribution in [0.3, 0.4) is 0 Å². The first-order valence-electron chi connectivity index (χ1n) is 6.39. The van der Waals surface area contributed by atoms with Crippen LogP contribution in [-0.2, 0) is 6.54 Å². The van der Waals surface area contributed by atoms with Gasteiger partial charge in [0.25, 0.3) is 5.69 Å². The second-order valence-electron chi connectivity index (χ2n) is 4.73. The summed E-state index contributed by atoms with van der Waals surface area (Å²) in [5.41, 5.74) is 1.35. The summed E-state index contributed by atoms with van der Waals surface area (Å²) in [4.78, 5) is 10.5. The maximum absolute atomic E-state index is 13.3. The van der Waals surface area contributed by atoms with E-state index in [0.717, 1.165) is 6.07 Å². The lowest BCUT2D eigenvalue weighted by Crippen LogP contribution is -2.22. The van der Waals surface area contributed by atoms with Crippen LogP contribution >= 0.6 is 12.2 Å². The van der Waals surface area contributed by atoms with Crippen molar-refractivity contribution in [1.29, 1.82) is 0 Å². The highest BCUT2D eigenvalue weighted by Crippen LogP contribution is 2.22. The van der Waals surface area contributed by atoms with Gasteiger partial charge in [0.15, 0.2) is 0 Å². The Morgan fingerprint density at radius 3 is 2.82 bits per heavy atom. The van der Waals surface area contributed by atoms with Gasteiger partial charge < -0.3 is 10.4 Å². The van der Waals surface area contributed by atoms with E-state index >= 15 is 0 Å². The maximum atomic E-state index is 13.3. The highest BCUT2D eigenvalue weighted by atomic mass is 32.1. The van der Waals surface area contributed by atoms with Crippen LogP contribution in [0.2, 0.25) is 0 Å². The number of phenols is 1. The first-order valence-corrected chi connectivity index (χ1v) is 6.80. The lowest BCUT2D eigenvalue weighted by molar-refractivity contribution is -0.384. The summed E-state index contributed by atoms with van der Waals surface area (Å²) < 4.78 is 13.3. The second kappa shape index (κ2) is 6.48. The Kier molecular flexibility index (Phi) is 4.67. The van der Waals surface area contributed by atoms with Crippen LogP contribution in [0, 0.1) is 22.9 Å². The van der Waals surface area contributed by atoms with Gasteiger partial charge in [-0.15, -0.1) is 0 Å². The summed E-state index contributed by atoms with van der Waals surface area (Å²) >= 11 is 5.17. The van der Waals surface area contributed by atoms with Gasteiger partial charge in [-0.3, -0.25) is 10.1 Å². The molecule has 0 heterocycles. The molecule has 0 fully saturated rings. The van der Waals surface area contributed by atoms with Crippen molar-refractivity contribution >= 4 is 22.9 Å². The summed E-state index contributed by atoms with van der Waals surface area (Å²) in [6.07, 6.45) is 0. The minimum absolute atomic E-state index is 0.00862. The van der Waals surface area contributed by atoms with Crippen molar-refractivity contribution in [2.24, 2.45) is 0 Å². The Labute approximate surface area is 131 Å². The number of thiocarbonyl (C=S) groups is 1. The van der Waals surface area contributed by atoms with Crippen LogP contribution in [0.25, 0.3) is 0 Å². The van der Waals surface area contributed by atoms with Crippen molar-refractivity contribution < 1.29 is 14.4 Å². The predicted octanol–water partition coefficient (Wildman–Crippen LogP) is 3.21. The van der Waals surface area contributed by atoms with Crippen LogP contribution < -0.4 is 5.32 Å². The quantitative estimate of drug-likeness (QED) is 0.514. The van der Waals surface area contributed by atoms with Gasteiger partial charge in [-0.05, 0) is 24.1 Å². The first-order chi connectivity index (χ1) is 10.4. The zero-order valence-corrected chi connectivity index (χ0v) is 12.5. The van der Waals surface area contributed by atoms with E-state index in [-0.39, 0.29) is 23.0 Å². The molecule has 0 amide bonds. The highest BCUT2D eigenvalue weighted by molar-refractivity contribution is 7.80. The van der Waals surface area contributed by atoms with Crippen LogP contribution in [0.5, 0.6) is 5.75 Å². The van der Waals surface area contributed by atoms with Gasteiger partial charge in [0, 0.05) is 24.7 Å². The van der Waals surface area contributed by atoms with Crippen molar-refractivity contribution in [2.75, 3.05) is 0 Å². The monoisotopic (exact) mass is 320 g/mol. The summed E-state index contributed by atoms with van der Waals surface area (Å²) in [5.74, 6) is -0.762. The van der Waals surface area contributed by atoms with Crippen LogP contribution in [0.1, 0.15) is 16.7 Å². The molecule has 7 heteroatoms. The number of aromatic hydroxyl groups is 1. The van der Waals surface area contributed by atoms with Crippen molar-refractivity contribution in [2.45, 2.75) is 13.5 Å². The number of hydrogen-bond donors (Lipinski definition) is 2. The molecule has 2 N–H and O–H groups in total. The highest BCUT2D eigenvalue weighted by Gasteiger charge is 2.11. The van der Waals surface area contributed by atoms with Crippen molar-refractivity contribution in [3.63, 3.8) is 0 Å². The number of hydrogen-bond acceptors (Lipinski definition) is 4. The Hall–Kier alpha value is -2.54. The van der Waals surface area contributed by atoms with E-state index in [1.165, 1.54) is 18.2 Å². The molecule has 0 aliphatic heterocycles. The number of halogens is 1. The van der Waals surface area contributed by atoms with E-state index in [1.54, 1.807) is 19.1 Å². The normalized spacial score (nSPS) is 10.3. The van der Waals surface area contributed by atoms with Crippen LogP contribution in [0.15, 0.2) is 36.4 Å². The Balaban J connectivity index is 2.12. The van der Waals surface area contributed by atoms with Crippen molar-refractivity contribution in [1.82, 2.24) is 5.32 Å². The van der Waals surface area contributed by atoms with E-state index in [0.29, 0.717) is 16.7 Å². The molecule has 0 spiro atoms. The maximum Gasteiger partial charge on any atom is 0.269 e. The third-order valence-electron chi connectivity index (χ3n) is 3.10. The van der Waals surface area contributed by atoms with Gasteiger partial charge in [0.05, 0.1) is 10.5 Å². The Morgan fingerprint density at radius 1 is 1.41 bits per heavy atom. The third kappa shape index (κ3) is 3.56. The molecule has 5 nitrogen and oxygen atoms in total. The molecule has 2 aromatic carbocycles. The minimum Gasteiger partial charge on any atom is -0.507 e. The lowest BCUT2D eigenvalue weighted by atomic mass is 10.1. The van der Waals surface area contributed by atoms with E-state index in [2.05, 4.69) is 5.32 Å². The Bertz CT molecular complexity index is 750. The molecular weight excluding hydrogens is 307 g/mol. The summed E-state index contributed by atoms with van der Waals surface area (Å²) in [5, 5.41) is 23.4. The van der Waals surface area contributed by atoms with Crippen LogP contribution in [0.4, 0.5) is 10.1 Å². The van der Waals surface area contributed by atoms with Crippen molar-refractivity contribution in [3.05, 3.63) is 69.0 Å². The van der Waals surface area contributed by atoms with Crippen molar-refractivity contribution in [3.8, 4) is 5.75 Å². The number of nitrogens with zero attached hydrogens (tertiary/aromatic N) is 1. The zero-order valence-electron chi connectivity index (χ0n) is 11.7. The molecule has 0 aliphatic carbocycles. The first kappa shape index (κ1) is 15.8. The average Bonchev–Trinajstić information content (AvgIpc) is 2.48. The predicted molar refractivity (Wildman–Crippen MR) is 84.4 cm³/mol. The molecule has 114 valence electrons. The molecule has 22 heavy (non-hydrogen) atoms. The molecule has 0 bridgehead atoms. The fourth-order valence-electron chi connectivity index (χ4n) is 1.91. The molecule has 0 unspecified atom stereocenters. The van der Waals surface area contributed by atoms with Gasteiger partial charge in [-0.25, -0.2) is 4.39 Å². The fourth-order valence-corrected chi connectivity index (χ4v) is 2.15. The summed E-state index contributed by atoms with van der Waals surface area (Å²) in [6.45, 7) is 1.83. The molecular formula is C15H13FN2O3S. The number of phenolic OH excluding ortho intramolecular Hbond substituents is 1. The number of nitro benzene ring substituents is 1. The Morgan fingerprint density at radius 2 is 2.14 bits per heavy atom. The second-order valence-corrected chi connectivity index (χ2v) is 5.14. The SMILES string of the molecule is Cc1cc(C(=S)NCc2cccc([N+](=O)[O-])c2)c(O)cc1F. The molecule has 0 radical (unpaired) electrons. The minimum atomic E-state index is -0.511. The fraction of sp³-hybridized carbons (Fsp3) is 0.133. The van der Waals surface area contributed by atoms with Gasteiger partial charge in [-0.2, -0.15) is 0 Å². The largest absolute Gasteiger partial charge is 0.507 e. The van der Waals surface area contributed by atoms with Gasteiger partial charge in [-0.1, -0.05) is 24.4 Å². The van der Waals surface area contributed by atoms with Gasteiger partial charge in [0.2, 0.25) is 0 Å². The number of rotatable bonds is 4. The molecule has 0 saturated heterocycles. The molecule has 0 atom stereocenters. The standard InChI is InChI=1S/C15H13FN2O3S/c1-9-5-12(14(19)7-13(9)16)15(22)17-8-10-3-2-4-11(6-10)18(20)21/h2-7,19H,8H2,1H3,(H,17,22). The van der Waals surface area contributed by atoms with Gasteiger partial charge in [0.1, 0.15) is 16.6 Å². The van der Waals surface area contributed by atoms with Crippen LogP contribution in [-0.4, -0.2) is 15.0 Å². The molecule has 2 aromatic rings. The molecule has 0 saturated carbocycles. The number of nitro groups is 1. The summed E-state index contributed by atoms with van der Waals surface area (Å²) in [6, 6.07) is 8.60. The molecule has 0 aromatic heterocycles.